The summed E-state index contributed by atoms with van der Waals surface area (Å²) in [5.74, 6) is 0.207. The lowest BCUT2D eigenvalue weighted by atomic mass is 9.94. The summed E-state index contributed by atoms with van der Waals surface area (Å²) in [6, 6.07) is 10.5. The number of halogens is 1. The molecule has 1 atom stereocenters. The molecule has 0 bridgehead atoms. The number of hydrogen-bond donors (Lipinski definition) is 1. The number of pyridine rings is 1. The highest BCUT2D eigenvalue weighted by molar-refractivity contribution is 5.97. The molecule has 0 unspecified atom stereocenters. The molecular formula is C23H26FN5O2. The molecule has 2 aromatic heterocycles. The molecule has 1 aliphatic heterocycles. The van der Waals surface area contributed by atoms with Gasteiger partial charge in [0.1, 0.15) is 17.7 Å². The molecule has 0 saturated carbocycles. The Morgan fingerprint density at radius 2 is 1.77 bits per heavy atom. The standard InChI is InChI=1S/C23H26FN5O2/c1-15(2)20(25-22(30)17-6-8-18(24)9-7-17)23(31)28-13-10-16(11-14-28)21-27-26-19-5-3-4-12-29(19)21/h3-9,12,15-16,20H,10-11,13-14H2,1-2H3,(H,25,30)/t20-/m1/s1. The molecule has 0 spiro atoms. The Kier molecular flexibility index (Phi) is 5.97. The van der Waals surface area contributed by atoms with Gasteiger partial charge in [0.2, 0.25) is 5.91 Å². The number of rotatable bonds is 5. The third-order valence-electron chi connectivity index (χ3n) is 5.84. The van der Waals surface area contributed by atoms with E-state index in [-0.39, 0.29) is 23.7 Å². The summed E-state index contributed by atoms with van der Waals surface area (Å²) in [4.78, 5) is 27.6. The summed E-state index contributed by atoms with van der Waals surface area (Å²) in [5, 5.41) is 11.4. The molecule has 2 amide bonds. The Balaban J connectivity index is 1.41. The number of carbonyl (C=O) groups is 2. The minimum Gasteiger partial charge on any atom is -0.341 e. The van der Waals surface area contributed by atoms with Gasteiger partial charge in [-0.2, -0.15) is 0 Å². The number of benzene rings is 1. The van der Waals surface area contributed by atoms with Crippen molar-refractivity contribution in [3.63, 3.8) is 0 Å². The molecule has 162 valence electrons. The van der Waals surface area contributed by atoms with E-state index in [1.54, 1.807) is 0 Å². The van der Waals surface area contributed by atoms with E-state index < -0.39 is 11.9 Å². The predicted octanol–water partition coefficient (Wildman–Crippen LogP) is 3.03. The number of amides is 2. The molecule has 1 fully saturated rings. The molecular weight excluding hydrogens is 397 g/mol. The molecule has 1 N–H and O–H groups in total. The first-order chi connectivity index (χ1) is 14.9. The number of nitrogens with one attached hydrogen (secondary N) is 1. The highest BCUT2D eigenvalue weighted by Gasteiger charge is 2.32. The molecule has 8 heteroatoms. The van der Waals surface area contributed by atoms with Gasteiger partial charge >= 0.3 is 0 Å². The molecule has 0 radical (unpaired) electrons. The van der Waals surface area contributed by atoms with Crippen molar-refractivity contribution in [3.8, 4) is 0 Å². The summed E-state index contributed by atoms with van der Waals surface area (Å²) in [6.07, 6.45) is 3.54. The van der Waals surface area contributed by atoms with E-state index >= 15 is 0 Å². The van der Waals surface area contributed by atoms with Gasteiger partial charge in [0.25, 0.3) is 5.91 Å². The SMILES string of the molecule is CC(C)[C@@H](NC(=O)c1ccc(F)cc1)C(=O)N1CCC(c2nnc3ccccn23)CC1. The van der Waals surface area contributed by atoms with E-state index in [1.807, 2.05) is 47.5 Å². The molecule has 1 saturated heterocycles. The number of aromatic nitrogens is 3. The number of fused-ring (bicyclic) bond motifs is 1. The third kappa shape index (κ3) is 4.42. The summed E-state index contributed by atoms with van der Waals surface area (Å²) >= 11 is 0. The zero-order valence-corrected chi connectivity index (χ0v) is 17.7. The smallest absolute Gasteiger partial charge is 0.251 e. The van der Waals surface area contributed by atoms with Gasteiger partial charge in [-0.1, -0.05) is 19.9 Å². The summed E-state index contributed by atoms with van der Waals surface area (Å²) in [7, 11) is 0. The molecule has 0 aliphatic carbocycles. The zero-order valence-electron chi connectivity index (χ0n) is 17.7. The van der Waals surface area contributed by atoms with Crippen LogP contribution >= 0.6 is 0 Å². The van der Waals surface area contributed by atoms with Crippen LogP contribution in [0.4, 0.5) is 4.39 Å². The summed E-state index contributed by atoms with van der Waals surface area (Å²) in [5.41, 5.74) is 1.15. The van der Waals surface area contributed by atoms with Crippen LogP contribution in [0.1, 0.15) is 48.8 Å². The Labute approximate surface area is 180 Å². The van der Waals surface area contributed by atoms with E-state index in [0.717, 1.165) is 24.3 Å². The van der Waals surface area contributed by atoms with Gasteiger partial charge in [-0.05, 0) is 55.2 Å². The first kappa shape index (κ1) is 21.0. The van der Waals surface area contributed by atoms with Gasteiger partial charge in [-0.3, -0.25) is 14.0 Å². The number of hydrogen-bond acceptors (Lipinski definition) is 4. The molecule has 3 aromatic rings. The van der Waals surface area contributed by atoms with Gasteiger partial charge in [-0.15, -0.1) is 10.2 Å². The van der Waals surface area contributed by atoms with Gasteiger partial charge in [0, 0.05) is 30.8 Å². The molecule has 1 aliphatic rings. The van der Waals surface area contributed by atoms with E-state index in [2.05, 4.69) is 15.5 Å². The Morgan fingerprint density at radius 1 is 1.06 bits per heavy atom. The lowest BCUT2D eigenvalue weighted by Gasteiger charge is -2.35. The molecule has 31 heavy (non-hydrogen) atoms. The van der Waals surface area contributed by atoms with Gasteiger partial charge in [0.15, 0.2) is 5.65 Å². The van der Waals surface area contributed by atoms with Gasteiger partial charge in [0.05, 0.1) is 0 Å². The zero-order chi connectivity index (χ0) is 22.0. The van der Waals surface area contributed by atoms with Crippen LogP contribution in [-0.2, 0) is 4.79 Å². The lowest BCUT2D eigenvalue weighted by Crippen LogP contribution is -2.52. The van der Waals surface area contributed by atoms with Crippen molar-refractivity contribution in [3.05, 3.63) is 65.9 Å². The largest absolute Gasteiger partial charge is 0.341 e. The van der Waals surface area contributed by atoms with E-state index in [4.69, 9.17) is 0 Å². The van der Waals surface area contributed by atoms with Crippen molar-refractivity contribution in [2.45, 2.75) is 38.6 Å². The number of piperidine rings is 1. The monoisotopic (exact) mass is 423 g/mol. The quantitative estimate of drug-likeness (QED) is 0.684. The highest BCUT2D eigenvalue weighted by atomic mass is 19.1. The highest BCUT2D eigenvalue weighted by Crippen LogP contribution is 2.27. The predicted molar refractivity (Wildman–Crippen MR) is 114 cm³/mol. The van der Waals surface area contributed by atoms with Crippen LogP contribution in [0.2, 0.25) is 0 Å². The molecule has 3 heterocycles. The Bertz CT molecular complexity index is 1070. The van der Waals surface area contributed by atoms with Crippen LogP contribution in [0.25, 0.3) is 5.65 Å². The van der Waals surface area contributed by atoms with Crippen molar-refractivity contribution >= 4 is 17.5 Å². The first-order valence-corrected chi connectivity index (χ1v) is 10.6. The van der Waals surface area contributed by atoms with Gasteiger partial charge < -0.3 is 10.2 Å². The average molecular weight is 423 g/mol. The fourth-order valence-electron chi connectivity index (χ4n) is 4.03. The second-order valence-corrected chi connectivity index (χ2v) is 8.29. The van der Waals surface area contributed by atoms with Crippen LogP contribution in [0, 0.1) is 11.7 Å². The number of nitrogens with zero attached hydrogens (tertiary/aromatic N) is 4. The Hall–Kier alpha value is -3.29. The fraction of sp³-hybridized carbons (Fsp3) is 0.391. The molecule has 4 rings (SSSR count). The first-order valence-electron chi connectivity index (χ1n) is 10.6. The van der Waals surface area contributed by atoms with Crippen LogP contribution in [0.3, 0.4) is 0 Å². The Morgan fingerprint density at radius 3 is 2.45 bits per heavy atom. The maximum Gasteiger partial charge on any atom is 0.251 e. The van der Waals surface area contributed by atoms with E-state index in [9.17, 15) is 14.0 Å². The topological polar surface area (TPSA) is 79.6 Å². The maximum absolute atomic E-state index is 13.2. The minimum atomic E-state index is -0.636. The third-order valence-corrected chi connectivity index (χ3v) is 5.84. The van der Waals surface area contributed by atoms with Crippen molar-refractivity contribution in [2.24, 2.45) is 5.92 Å². The van der Waals surface area contributed by atoms with Crippen LogP contribution < -0.4 is 5.32 Å². The number of carbonyl (C=O) groups excluding carboxylic acids is 2. The second-order valence-electron chi connectivity index (χ2n) is 8.29. The second kappa shape index (κ2) is 8.83. The van der Waals surface area contributed by atoms with Crippen molar-refractivity contribution < 1.29 is 14.0 Å². The van der Waals surface area contributed by atoms with Crippen LogP contribution in [0.5, 0.6) is 0 Å². The normalized spacial score (nSPS) is 15.9. The van der Waals surface area contributed by atoms with E-state index in [0.29, 0.717) is 18.7 Å². The summed E-state index contributed by atoms with van der Waals surface area (Å²) < 4.78 is 15.1. The average Bonchev–Trinajstić information content (AvgIpc) is 3.21. The molecule has 7 nitrogen and oxygen atoms in total. The number of likely N-dealkylation sites (tertiary alicyclic amines) is 1. The minimum absolute atomic E-state index is 0.0740. The van der Waals surface area contributed by atoms with Gasteiger partial charge in [-0.25, -0.2) is 4.39 Å². The van der Waals surface area contributed by atoms with Crippen LogP contribution in [0.15, 0.2) is 48.7 Å². The molecule has 1 aromatic carbocycles. The summed E-state index contributed by atoms with van der Waals surface area (Å²) in [6.45, 7) is 5.01. The fourth-order valence-corrected chi connectivity index (χ4v) is 4.03. The maximum atomic E-state index is 13.2. The lowest BCUT2D eigenvalue weighted by molar-refractivity contribution is -0.135. The van der Waals surface area contributed by atoms with Crippen molar-refractivity contribution in [2.75, 3.05) is 13.1 Å². The van der Waals surface area contributed by atoms with Crippen LogP contribution in [-0.4, -0.2) is 50.4 Å². The van der Waals surface area contributed by atoms with Crippen molar-refractivity contribution in [1.82, 2.24) is 24.8 Å². The van der Waals surface area contributed by atoms with Crippen molar-refractivity contribution in [1.29, 1.82) is 0 Å². The van der Waals surface area contributed by atoms with E-state index in [1.165, 1.54) is 24.3 Å².